The van der Waals surface area contributed by atoms with Crippen LogP contribution < -0.4 is 11.1 Å². The average Bonchev–Trinajstić information content (AvgIpc) is 2.68. The fourth-order valence-electron chi connectivity index (χ4n) is 2.10. The maximum atomic E-state index is 11.5. The summed E-state index contributed by atoms with van der Waals surface area (Å²) in [6, 6.07) is 0. The minimum atomic E-state index is -1.03. The molecule has 0 radical (unpaired) electrons. The van der Waals surface area contributed by atoms with Gasteiger partial charge in [-0.2, -0.15) is 0 Å². The molecule has 0 spiro atoms. The Labute approximate surface area is 169 Å². The molecule has 0 saturated heterocycles. The van der Waals surface area contributed by atoms with E-state index in [1.807, 2.05) is 6.08 Å². The molecular formula is C23H34N2O3. The Morgan fingerprint density at radius 2 is 1.21 bits per heavy atom. The molecule has 5 nitrogen and oxygen atoms in total. The highest BCUT2D eigenvalue weighted by atomic mass is 16.2. The summed E-state index contributed by atoms with van der Waals surface area (Å²) in [6.45, 7) is 1.81. The van der Waals surface area contributed by atoms with Gasteiger partial charge in [0.15, 0.2) is 0 Å². The molecule has 0 heterocycles. The Balaban J connectivity index is 3.59. The first kappa shape index (κ1) is 25.3. The Bertz CT molecular complexity index is 599. The lowest BCUT2D eigenvalue weighted by molar-refractivity contribution is -0.136. The number of allylic oxidation sites excluding steroid dienone is 10. The van der Waals surface area contributed by atoms with Crippen LogP contribution in [-0.4, -0.2) is 24.1 Å². The van der Waals surface area contributed by atoms with E-state index in [1.54, 1.807) is 0 Å². The molecule has 0 aromatic heterocycles. The van der Waals surface area contributed by atoms with E-state index in [-0.39, 0.29) is 12.5 Å². The number of ketones is 1. The number of carbonyl (C=O) groups is 3. The molecule has 0 bridgehead atoms. The van der Waals surface area contributed by atoms with Crippen LogP contribution in [0.3, 0.4) is 0 Å². The highest BCUT2D eigenvalue weighted by Crippen LogP contribution is 1.99. The first-order valence-electron chi connectivity index (χ1n) is 9.92. The second-order valence-corrected chi connectivity index (χ2v) is 6.16. The van der Waals surface area contributed by atoms with Crippen LogP contribution in [0.5, 0.6) is 0 Å². The number of Topliss-reactive ketones (excluding diaryl/α,β-unsaturated/α-hetero) is 1. The number of hydrogen-bond acceptors (Lipinski definition) is 3. The van der Waals surface area contributed by atoms with E-state index in [2.05, 4.69) is 66.9 Å². The molecule has 0 aliphatic heterocycles. The summed E-state index contributed by atoms with van der Waals surface area (Å²) in [5, 5.41) is 2.38. The molecule has 0 atom stereocenters. The summed E-state index contributed by atoms with van der Waals surface area (Å²) in [6.07, 6.45) is 28.1. The first-order valence-corrected chi connectivity index (χ1v) is 9.92. The van der Waals surface area contributed by atoms with Crippen molar-refractivity contribution < 1.29 is 14.4 Å². The van der Waals surface area contributed by atoms with Gasteiger partial charge in [-0.05, 0) is 44.9 Å². The molecule has 0 fully saturated rings. The Hall–Kier alpha value is -2.69. The zero-order valence-electron chi connectivity index (χ0n) is 16.9. The van der Waals surface area contributed by atoms with Crippen LogP contribution in [0.4, 0.5) is 0 Å². The molecule has 0 aliphatic rings. The second kappa shape index (κ2) is 19.1. The lowest BCUT2D eigenvalue weighted by Gasteiger charge is -2.01. The van der Waals surface area contributed by atoms with Gasteiger partial charge in [0.05, 0.1) is 6.54 Å². The minimum absolute atomic E-state index is 0.248. The van der Waals surface area contributed by atoms with Gasteiger partial charge in [-0.25, -0.2) is 0 Å². The molecule has 0 aromatic rings. The van der Waals surface area contributed by atoms with Crippen molar-refractivity contribution in [2.24, 2.45) is 5.73 Å². The molecule has 2 amide bonds. The van der Waals surface area contributed by atoms with Gasteiger partial charge in [0.1, 0.15) is 0 Å². The normalized spacial score (nSPS) is 12.2. The van der Waals surface area contributed by atoms with Gasteiger partial charge in [-0.3, -0.25) is 14.4 Å². The summed E-state index contributed by atoms with van der Waals surface area (Å²) in [5.74, 6) is -2.06. The number of hydrogen-bond donors (Lipinski definition) is 2. The third kappa shape index (κ3) is 18.1. The first-order chi connectivity index (χ1) is 13.6. The number of carbonyl (C=O) groups excluding carboxylic acids is 3. The zero-order valence-corrected chi connectivity index (χ0v) is 16.9. The maximum Gasteiger partial charge on any atom is 0.286 e. The molecule has 5 heteroatoms. The van der Waals surface area contributed by atoms with E-state index in [9.17, 15) is 14.4 Å². The third-order valence-electron chi connectivity index (χ3n) is 3.65. The summed E-state index contributed by atoms with van der Waals surface area (Å²) in [7, 11) is 0. The fraction of sp³-hybridized carbons (Fsp3) is 0.435. The lowest BCUT2D eigenvalue weighted by atomic mass is 10.2. The van der Waals surface area contributed by atoms with Crippen LogP contribution >= 0.6 is 0 Å². The van der Waals surface area contributed by atoms with Crippen molar-refractivity contribution in [3.05, 3.63) is 60.8 Å². The van der Waals surface area contributed by atoms with Crippen molar-refractivity contribution in [3.63, 3.8) is 0 Å². The largest absolute Gasteiger partial charge is 0.363 e. The molecule has 0 rings (SSSR count). The highest BCUT2D eigenvalue weighted by Gasteiger charge is 2.09. The highest BCUT2D eigenvalue weighted by molar-refractivity contribution is 6.36. The van der Waals surface area contributed by atoms with Crippen LogP contribution in [0.15, 0.2) is 60.8 Å². The summed E-state index contributed by atoms with van der Waals surface area (Å²) < 4.78 is 0. The number of rotatable bonds is 16. The molecule has 154 valence electrons. The van der Waals surface area contributed by atoms with Crippen molar-refractivity contribution in [2.75, 3.05) is 6.54 Å². The predicted molar refractivity (Wildman–Crippen MR) is 116 cm³/mol. The average molecular weight is 387 g/mol. The van der Waals surface area contributed by atoms with E-state index < -0.39 is 11.7 Å². The van der Waals surface area contributed by atoms with Crippen molar-refractivity contribution in [1.29, 1.82) is 0 Å². The molecule has 0 aromatic carbocycles. The van der Waals surface area contributed by atoms with Gasteiger partial charge in [-0.15, -0.1) is 0 Å². The minimum Gasteiger partial charge on any atom is -0.363 e. The van der Waals surface area contributed by atoms with Gasteiger partial charge < -0.3 is 11.1 Å². The number of primary amides is 1. The summed E-state index contributed by atoms with van der Waals surface area (Å²) >= 11 is 0. The molecule has 28 heavy (non-hydrogen) atoms. The van der Waals surface area contributed by atoms with Crippen LogP contribution in [0.25, 0.3) is 0 Å². The molecule has 0 unspecified atom stereocenters. The SMILES string of the molecule is CC/C=C\C/C=C\C/C=C\C/C=C\C/C=C\CCCC(=O)NCC(=O)C(N)=O. The fourth-order valence-corrected chi connectivity index (χ4v) is 2.10. The number of nitrogens with two attached hydrogens (primary N) is 1. The van der Waals surface area contributed by atoms with E-state index in [0.717, 1.165) is 38.5 Å². The molecule has 0 aliphatic carbocycles. The van der Waals surface area contributed by atoms with Crippen molar-refractivity contribution in [2.45, 2.75) is 58.3 Å². The quantitative estimate of drug-likeness (QED) is 0.238. The summed E-state index contributed by atoms with van der Waals surface area (Å²) in [5.41, 5.74) is 4.80. The van der Waals surface area contributed by atoms with E-state index in [4.69, 9.17) is 5.73 Å². The summed E-state index contributed by atoms with van der Waals surface area (Å²) in [4.78, 5) is 33.0. The maximum absolute atomic E-state index is 11.5. The van der Waals surface area contributed by atoms with Gasteiger partial charge in [0.2, 0.25) is 11.7 Å². The van der Waals surface area contributed by atoms with Crippen LogP contribution in [0.1, 0.15) is 58.3 Å². The van der Waals surface area contributed by atoms with Crippen molar-refractivity contribution in [1.82, 2.24) is 5.32 Å². The van der Waals surface area contributed by atoms with Crippen molar-refractivity contribution in [3.8, 4) is 0 Å². The van der Waals surface area contributed by atoms with Gasteiger partial charge in [-0.1, -0.05) is 67.7 Å². The van der Waals surface area contributed by atoms with E-state index in [0.29, 0.717) is 12.8 Å². The topological polar surface area (TPSA) is 89.3 Å². The smallest absolute Gasteiger partial charge is 0.286 e. The number of amides is 2. The van der Waals surface area contributed by atoms with Gasteiger partial charge in [0, 0.05) is 6.42 Å². The Morgan fingerprint density at radius 3 is 1.68 bits per heavy atom. The Kier molecular flexibility index (Phi) is 17.2. The van der Waals surface area contributed by atoms with Crippen LogP contribution in [-0.2, 0) is 14.4 Å². The lowest BCUT2D eigenvalue weighted by Crippen LogP contribution is -2.36. The van der Waals surface area contributed by atoms with Gasteiger partial charge >= 0.3 is 0 Å². The Morgan fingerprint density at radius 1 is 0.750 bits per heavy atom. The zero-order chi connectivity index (χ0) is 20.9. The van der Waals surface area contributed by atoms with Crippen LogP contribution in [0.2, 0.25) is 0 Å². The standard InChI is InChI=1S/C23H34N2O3/c1-2-3-4-5-6-7-8-9-10-11-12-13-14-15-16-17-18-19-22(27)25-20-21(26)23(24)28/h3-4,6-7,9-10,12-13,15-16H,2,5,8,11,14,17-20H2,1H3,(H2,24,28)(H,25,27)/b4-3-,7-6-,10-9-,13-12-,16-15-. The second-order valence-electron chi connectivity index (χ2n) is 6.16. The number of nitrogens with one attached hydrogen (secondary N) is 1. The third-order valence-corrected chi connectivity index (χ3v) is 3.65. The molecular weight excluding hydrogens is 352 g/mol. The van der Waals surface area contributed by atoms with E-state index >= 15 is 0 Å². The monoisotopic (exact) mass is 386 g/mol. The molecule has 3 N–H and O–H groups in total. The molecule has 0 saturated carbocycles. The predicted octanol–water partition coefficient (Wildman–Crippen LogP) is 4.08. The van der Waals surface area contributed by atoms with Crippen LogP contribution in [0, 0.1) is 0 Å². The van der Waals surface area contributed by atoms with Gasteiger partial charge in [0.25, 0.3) is 5.91 Å². The van der Waals surface area contributed by atoms with E-state index in [1.165, 1.54) is 0 Å². The number of unbranched alkanes of at least 4 members (excludes halogenated alkanes) is 1. The van der Waals surface area contributed by atoms with Crippen molar-refractivity contribution >= 4 is 17.6 Å².